The summed E-state index contributed by atoms with van der Waals surface area (Å²) in [6.07, 6.45) is 8.72. The molecule has 0 aromatic heterocycles. The van der Waals surface area contributed by atoms with Crippen LogP contribution in [0, 0.1) is 16.7 Å². The Kier molecular flexibility index (Phi) is 2.39. The molecular formula is C19H18O2. The molecule has 4 rings (SSSR count). The Morgan fingerprint density at radius 2 is 2.05 bits per heavy atom. The molecule has 1 saturated heterocycles. The summed E-state index contributed by atoms with van der Waals surface area (Å²) in [5.74, 6) is 0.172. The number of allylic oxidation sites excluding steroid dienone is 4. The van der Waals surface area contributed by atoms with Gasteiger partial charge in [-0.3, -0.25) is 4.79 Å². The number of hydrogen-bond acceptors (Lipinski definition) is 2. The van der Waals surface area contributed by atoms with E-state index >= 15 is 0 Å². The SMILES string of the molecule is CC(C)=C[C@@]12C(=O)OC[C@@]13C=CC(c1ccccc1)=C[C@H]23. The van der Waals surface area contributed by atoms with Crippen LogP contribution in [0.15, 0.2) is 60.2 Å². The van der Waals surface area contributed by atoms with Gasteiger partial charge in [0.15, 0.2) is 0 Å². The van der Waals surface area contributed by atoms with Crippen molar-refractivity contribution in [3.05, 3.63) is 65.8 Å². The fourth-order valence-electron chi connectivity index (χ4n) is 4.05. The molecular weight excluding hydrogens is 260 g/mol. The van der Waals surface area contributed by atoms with Crippen molar-refractivity contribution in [1.82, 2.24) is 0 Å². The third-order valence-electron chi connectivity index (χ3n) is 5.04. The lowest BCUT2D eigenvalue weighted by atomic mass is 9.91. The molecule has 1 saturated carbocycles. The molecule has 0 radical (unpaired) electrons. The molecule has 2 fully saturated rings. The third-order valence-corrected chi connectivity index (χ3v) is 5.04. The molecule has 0 amide bonds. The molecule has 1 aliphatic heterocycles. The Balaban J connectivity index is 1.79. The number of carbonyl (C=O) groups excluding carboxylic acids is 1. The largest absolute Gasteiger partial charge is 0.464 e. The first-order chi connectivity index (χ1) is 10.1. The Hall–Kier alpha value is -2.09. The summed E-state index contributed by atoms with van der Waals surface area (Å²) in [6, 6.07) is 10.3. The lowest BCUT2D eigenvalue weighted by molar-refractivity contribution is -0.144. The van der Waals surface area contributed by atoms with Crippen molar-refractivity contribution in [3.63, 3.8) is 0 Å². The van der Waals surface area contributed by atoms with E-state index in [1.165, 1.54) is 16.7 Å². The van der Waals surface area contributed by atoms with Gasteiger partial charge in [-0.25, -0.2) is 0 Å². The lowest BCUT2D eigenvalue weighted by Crippen LogP contribution is -2.15. The van der Waals surface area contributed by atoms with Gasteiger partial charge in [0.25, 0.3) is 0 Å². The number of esters is 1. The highest BCUT2D eigenvalue weighted by Gasteiger charge is 2.82. The van der Waals surface area contributed by atoms with Crippen molar-refractivity contribution in [1.29, 1.82) is 0 Å². The Labute approximate surface area is 124 Å². The molecule has 0 N–H and O–H groups in total. The molecule has 1 heterocycles. The second-order valence-electron chi connectivity index (χ2n) is 6.51. The van der Waals surface area contributed by atoms with Crippen LogP contribution in [0.5, 0.6) is 0 Å². The zero-order chi connectivity index (χ0) is 14.7. The molecule has 3 aliphatic rings. The number of ether oxygens (including phenoxy) is 1. The fraction of sp³-hybridized carbons (Fsp3) is 0.316. The summed E-state index contributed by atoms with van der Waals surface area (Å²) in [5.41, 5.74) is 2.98. The molecule has 2 heteroatoms. The predicted octanol–water partition coefficient (Wildman–Crippen LogP) is 3.77. The molecule has 3 atom stereocenters. The van der Waals surface area contributed by atoms with Crippen LogP contribution in [-0.4, -0.2) is 12.6 Å². The van der Waals surface area contributed by atoms with E-state index in [4.69, 9.17) is 4.74 Å². The number of rotatable bonds is 2. The first kappa shape index (κ1) is 12.6. The van der Waals surface area contributed by atoms with Crippen molar-refractivity contribution in [2.75, 3.05) is 6.61 Å². The van der Waals surface area contributed by atoms with E-state index in [1.54, 1.807) is 0 Å². The minimum atomic E-state index is -0.459. The Bertz CT molecular complexity index is 706. The maximum Gasteiger partial charge on any atom is 0.317 e. The molecule has 1 spiro atoms. The van der Waals surface area contributed by atoms with Crippen molar-refractivity contribution < 1.29 is 9.53 Å². The van der Waals surface area contributed by atoms with Crippen LogP contribution in [0.2, 0.25) is 0 Å². The average molecular weight is 278 g/mol. The lowest BCUT2D eigenvalue weighted by Gasteiger charge is -2.13. The normalized spacial score (nSPS) is 35.4. The highest BCUT2D eigenvalue weighted by Crippen LogP contribution is 2.77. The van der Waals surface area contributed by atoms with E-state index in [1.807, 2.05) is 32.0 Å². The standard InChI is InChI=1S/C19H18O2/c1-13(2)11-19-16-10-15(14-6-4-3-5-7-14)8-9-18(16,19)12-21-17(19)20/h3-11,16H,12H2,1-2H3/t16-,18+,19+/m0/s1. The van der Waals surface area contributed by atoms with Gasteiger partial charge in [-0.1, -0.05) is 60.2 Å². The monoisotopic (exact) mass is 278 g/mol. The van der Waals surface area contributed by atoms with Crippen LogP contribution in [-0.2, 0) is 9.53 Å². The van der Waals surface area contributed by atoms with Gasteiger partial charge in [0.05, 0.1) is 5.41 Å². The highest BCUT2D eigenvalue weighted by atomic mass is 16.5. The zero-order valence-corrected chi connectivity index (χ0v) is 12.3. The smallest absolute Gasteiger partial charge is 0.317 e. The van der Waals surface area contributed by atoms with E-state index in [2.05, 4.69) is 36.4 Å². The highest BCUT2D eigenvalue weighted by molar-refractivity contribution is 5.93. The summed E-state index contributed by atoms with van der Waals surface area (Å²) in [5, 5.41) is 0. The van der Waals surface area contributed by atoms with Gasteiger partial charge in [0, 0.05) is 5.92 Å². The minimum absolute atomic E-state index is 0.0658. The van der Waals surface area contributed by atoms with E-state index in [0.29, 0.717) is 6.61 Å². The number of hydrogen-bond donors (Lipinski definition) is 0. The van der Waals surface area contributed by atoms with E-state index < -0.39 is 5.41 Å². The van der Waals surface area contributed by atoms with Gasteiger partial charge >= 0.3 is 5.97 Å². The van der Waals surface area contributed by atoms with Crippen LogP contribution in [0.3, 0.4) is 0 Å². The molecule has 1 aromatic rings. The maximum absolute atomic E-state index is 12.3. The molecule has 2 aliphatic carbocycles. The quantitative estimate of drug-likeness (QED) is 0.608. The minimum Gasteiger partial charge on any atom is -0.464 e. The first-order valence-electron chi connectivity index (χ1n) is 7.40. The van der Waals surface area contributed by atoms with Gasteiger partial charge in [-0.05, 0) is 25.0 Å². The van der Waals surface area contributed by atoms with Gasteiger partial charge < -0.3 is 4.74 Å². The molecule has 2 nitrogen and oxygen atoms in total. The van der Waals surface area contributed by atoms with Crippen molar-refractivity contribution in [2.45, 2.75) is 13.8 Å². The van der Waals surface area contributed by atoms with Crippen LogP contribution in [0.1, 0.15) is 19.4 Å². The van der Waals surface area contributed by atoms with Gasteiger partial charge in [-0.2, -0.15) is 0 Å². The molecule has 21 heavy (non-hydrogen) atoms. The fourth-order valence-corrected chi connectivity index (χ4v) is 4.05. The maximum atomic E-state index is 12.3. The summed E-state index contributed by atoms with van der Waals surface area (Å²) in [6.45, 7) is 4.60. The van der Waals surface area contributed by atoms with E-state index in [9.17, 15) is 4.79 Å². The first-order valence-corrected chi connectivity index (χ1v) is 7.40. The third kappa shape index (κ3) is 1.45. The molecule has 0 unspecified atom stereocenters. The molecule has 1 aromatic carbocycles. The van der Waals surface area contributed by atoms with Gasteiger partial charge in [-0.15, -0.1) is 0 Å². The van der Waals surface area contributed by atoms with Crippen molar-refractivity contribution in [3.8, 4) is 0 Å². The average Bonchev–Trinajstić information content (AvgIpc) is 2.96. The summed E-state index contributed by atoms with van der Waals surface area (Å²) in [7, 11) is 0. The van der Waals surface area contributed by atoms with Gasteiger partial charge in [0.1, 0.15) is 12.0 Å². The second-order valence-corrected chi connectivity index (χ2v) is 6.51. The second kappa shape index (κ2) is 3.97. The van der Waals surface area contributed by atoms with Crippen molar-refractivity contribution in [2.24, 2.45) is 16.7 Å². The summed E-state index contributed by atoms with van der Waals surface area (Å²) >= 11 is 0. The topological polar surface area (TPSA) is 26.3 Å². The van der Waals surface area contributed by atoms with Gasteiger partial charge in [0.2, 0.25) is 0 Å². The number of fused-ring (bicyclic) bond motifs is 1. The number of carbonyl (C=O) groups is 1. The Morgan fingerprint density at radius 3 is 2.76 bits per heavy atom. The van der Waals surface area contributed by atoms with Crippen LogP contribution in [0.4, 0.5) is 0 Å². The number of cyclic esters (lactones) is 1. The number of benzene rings is 1. The molecule has 0 bridgehead atoms. The van der Waals surface area contributed by atoms with Crippen LogP contribution in [0.25, 0.3) is 5.57 Å². The van der Waals surface area contributed by atoms with E-state index in [0.717, 1.165) is 0 Å². The van der Waals surface area contributed by atoms with Crippen LogP contribution < -0.4 is 0 Å². The molecule has 106 valence electrons. The Morgan fingerprint density at radius 1 is 1.29 bits per heavy atom. The van der Waals surface area contributed by atoms with Crippen LogP contribution >= 0.6 is 0 Å². The predicted molar refractivity (Wildman–Crippen MR) is 82.3 cm³/mol. The zero-order valence-electron chi connectivity index (χ0n) is 12.3. The van der Waals surface area contributed by atoms with Crippen molar-refractivity contribution >= 4 is 11.5 Å². The van der Waals surface area contributed by atoms with E-state index in [-0.39, 0.29) is 17.3 Å². The summed E-state index contributed by atoms with van der Waals surface area (Å²) < 4.78 is 5.36. The summed E-state index contributed by atoms with van der Waals surface area (Å²) in [4.78, 5) is 12.3.